The first-order chi connectivity index (χ1) is 11.5. The van der Waals surface area contributed by atoms with Crippen molar-refractivity contribution < 1.29 is 14.3 Å². The molecule has 1 amide bonds. The lowest BCUT2D eigenvalue weighted by Gasteiger charge is -2.18. The van der Waals surface area contributed by atoms with Gasteiger partial charge in [0.25, 0.3) is 0 Å². The lowest BCUT2D eigenvalue weighted by molar-refractivity contribution is -0.139. The Balaban J connectivity index is 1.73. The maximum atomic E-state index is 12.4. The molecule has 24 heavy (non-hydrogen) atoms. The number of hydrogen-bond acceptors (Lipinski definition) is 3. The van der Waals surface area contributed by atoms with Crippen molar-refractivity contribution in [3.05, 3.63) is 58.6 Å². The number of esters is 1. The molecule has 0 aromatic heterocycles. The molecule has 1 heterocycles. The van der Waals surface area contributed by atoms with Crippen molar-refractivity contribution in [2.24, 2.45) is 5.92 Å². The van der Waals surface area contributed by atoms with Crippen LogP contribution in [-0.2, 0) is 9.59 Å². The Kier molecular flexibility index (Phi) is 4.58. The number of benzene rings is 2. The molecule has 0 radical (unpaired) electrons. The van der Waals surface area contributed by atoms with Gasteiger partial charge in [-0.1, -0.05) is 29.8 Å². The summed E-state index contributed by atoms with van der Waals surface area (Å²) in [4.78, 5) is 26.3. The highest BCUT2D eigenvalue weighted by molar-refractivity contribution is 6.32. The zero-order chi connectivity index (χ0) is 17.3. The SMILES string of the molecule is Cc1ccc(N2C[C@H](C(=O)Oc3ccccc3Cl)CC2=O)cc1C. The first-order valence-electron chi connectivity index (χ1n) is 7.79. The lowest BCUT2D eigenvalue weighted by Crippen LogP contribution is -2.27. The number of rotatable bonds is 3. The van der Waals surface area contributed by atoms with Crippen LogP contribution in [0.4, 0.5) is 5.69 Å². The first-order valence-corrected chi connectivity index (χ1v) is 8.17. The number of nitrogens with zero attached hydrogens (tertiary/aromatic N) is 1. The van der Waals surface area contributed by atoms with Crippen molar-refractivity contribution in [3.63, 3.8) is 0 Å². The minimum absolute atomic E-state index is 0.0700. The molecule has 1 fully saturated rings. The summed E-state index contributed by atoms with van der Waals surface area (Å²) in [6.45, 7) is 4.35. The van der Waals surface area contributed by atoms with Gasteiger partial charge >= 0.3 is 5.97 Å². The van der Waals surface area contributed by atoms with Crippen LogP contribution in [0.1, 0.15) is 17.5 Å². The van der Waals surface area contributed by atoms with Gasteiger partial charge in [-0.3, -0.25) is 9.59 Å². The van der Waals surface area contributed by atoms with Gasteiger partial charge in [0.2, 0.25) is 5.91 Å². The van der Waals surface area contributed by atoms with Gasteiger partial charge in [0.15, 0.2) is 0 Å². The van der Waals surface area contributed by atoms with Gasteiger partial charge in [-0.2, -0.15) is 0 Å². The van der Waals surface area contributed by atoms with Crippen LogP contribution in [0, 0.1) is 19.8 Å². The smallest absolute Gasteiger partial charge is 0.316 e. The molecule has 1 atom stereocenters. The second kappa shape index (κ2) is 6.65. The summed E-state index contributed by atoms with van der Waals surface area (Å²) in [5, 5.41) is 0.376. The average Bonchev–Trinajstić information content (AvgIpc) is 2.94. The highest BCUT2D eigenvalue weighted by atomic mass is 35.5. The molecule has 5 heteroatoms. The summed E-state index contributed by atoms with van der Waals surface area (Å²) in [5.41, 5.74) is 3.10. The normalized spacial score (nSPS) is 17.2. The molecule has 124 valence electrons. The summed E-state index contributed by atoms with van der Waals surface area (Å²) in [7, 11) is 0. The minimum atomic E-state index is -0.490. The fourth-order valence-electron chi connectivity index (χ4n) is 2.73. The molecule has 0 spiro atoms. The number of anilines is 1. The van der Waals surface area contributed by atoms with Gasteiger partial charge in [0, 0.05) is 18.7 Å². The van der Waals surface area contributed by atoms with E-state index in [1.54, 1.807) is 29.2 Å². The number of carbonyl (C=O) groups excluding carboxylic acids is 2. The van der Waals surface area contributed by atoms with E-state index in [4.69, 9.17) is 16.3 Å². The van der Waals surface area contributed by atoms with E-state index < -0.39 is 11.9 Å². The number of aryl methyl sites for hydroxylation is 2. The van der Waals surface area contributed by atoms with Crippen molar-refractivity contribution >= 4 is 29.2 Å². The van der Waals surface area contributed by atoms with Gasteiger partial charge in [-0.25, -0.2) is 0 Å². The number of hydrogen-bond donors (Lipinski definition) is 0. The number of carbonyl (C=O) groups is 2. The summed E-state index contributed by atoms with van der Waals surface area (Å²) in [6, 6.07) is 12.7. The van der Waals surface area contributed by atoms with Crippen LogP contribution in [-0.4, -0.2) is 18.4 Å². The Hall–Kier alpha value is -2.33. The van der Waals surface area contributed by atoms with Crippen LogP contribution in [0.15, 0.2) is 42.5 Å². The zero-order valence-electron chi connectivity index (χ0n) is 13.6. The van der Waals surface area contributed by atoms with Crippen LogP contribution >= 0.6 is 11.6 Å². The van der Waals surface area contributed by atoms with Gasteiger partial charge in [-0.15, -0.1) is 0 Å². The van der Waals surface area contributed by atoms with Crippen molar-refractivity contribution in [1.29, 1.82) is 0 Å². The molecule has 4 nitrogen and oxygen atoms in total. The molecular formula is C19H18ClNO3. The second-order valence-electron chi connectivity index (χ2n) is 6.03. The summed E-state index contributed by atoms with van der Waals surface area (Å²) >= 11 is 6.01. The zero-order valence-corrected chi connectivity index (χ0v) is 14.3. The van der Waals surface area contributed by atoms with E-state index in [2.05, 4.69) is 0 Å². The molecular weight excluding hydrogens is 326 g/mol. The van der Waals surface area contributed by atoms with Crippen molar-refractivity contribution in [3.8, 4) is 5.75 Å². The van der Waals surface area contributed by atoms with Gasteiger partial charge < -0.3 is 9.64 Å². The fraction of sp³-hybridized carbons (Fsp3) is 0.263. The van der Waals surface area contributed by atoms with Gasteiger partial charge in [0.05, 0.1) is 10.9 Å². The quantitative estimate of drug-likeness (QED) is 0.627. The largest absolute Gasteiger partial charge is 0.425 e. The van der Waals surface area contributed by atoms with E-state index >= 15 is 0 Å². The first kappa shape index (κ1) is 16.5. The molecule has 1 saturated heterocycles. The monoisotopic (exact) mass is 343 g/mol. The standard InChI is InChI=1S/C19H18ClNO3/c1-12-7-8-15(9-13(12)2)21-11-14(10-18(21)22)19(23)24-17-6-4-3-5-16(17)20/h3-9,14H,10-11H2,1-2H3/t14-/m1/s1. The van der Waals surface area contributed by atoms with Crippen LogP contribution in [0.25, 0.3) is 0 Å². The summed E-state index contributed by atoms with van der Waals surface area (Å²) in [6.07, 6.45) is 0.149. The molecule has 0 unspecified atom stereocenters. The molecule has 1 aliphatic rings. The second-order valence-corrected chi connectivity index (χ2v) is 6.43. The van der Waals surface area contributed by atoms with Crippen LogP contribution in [0.2, 0.25) is 5.02 Å². The Morgan fingerprint density at radius 3 is 2.62 bits per heavy atom. The molecule has 0 aliphatic carbocycles. The van der Waals surface area contributed by atoms with E-state index in [-0.39, 0.29) is 12.3 Å². The molecule has 3 rings (SSSR count). The number of ether oxygens (including phenoxy) is 1. The van der Waals surface area contributed by atoms with E-state index in [0.717, 1.165) is 11.3 Å². The van der Waals surface area contributed by atoms with E-state index in [9.17, 15) is 9.59 Å². The predicted molar refractivity (Wildman–Crippen MR) is 93.5 cm³/mol. The van der Waals surface area contributed by atoms with Crippen LogP contribution in [0.5, 0.6) is 5.75 Å². The highest BCUT2D eigenvalue weighted by Gasteiger charge is 2.36. The Bertz CT molecular complexity index is 803. The maximum absolute atomic E-state index is 12.4. The Labute approximate surface area is 146 Å². The van der Waals surface area contributed by atoms with Crippen LogP contribution < -0.4 is 9.64 Å². The van der Waals surface area contributed by atoms with Crippen molar-refractivity contribution in [1.82, 2.24) is 0 Å². The molecule has 0 saturated carbocycles. The number of halogens is 1. The topological polar surface area (TPSA) is 46.6 Å². The third kappa shape index (κ3) is 3.29. The number of amides is 1. The van der Waals surface area contributed by atoms with E-state index in [1.807, 2.05) is 32.0 Å². The number of para-hydroxylation sites is 1. The summed E-state index contributed by atoms with van der Waals surface area (Å²) in [5.74, 6) is -0.668. The Morgan fingerprint density at radius 1 is 1.17 bits per heavy atom. The van der Waals surface area contributed by atoms with E-state index in [0.29, 0.717) is 17.3 Å². The van der Waals surface area contributed by atoms with Gasteiger partial charge in [-0.05, 0) is 49.2 Å². The van der Waals surface area contributed by atoms with Crippen molar-refractivity contribution in [2.45, 2.75) is 20.3 Å². The molecule has 2 aromatic rings. The molecule has 1 aliphatic heterocycles. The Morgan fingerprint density at radius 2 is 1.92 bits per heavy atom. The third-order valence-electron chi connectivity index (χ3n) is 4.31. The van der Waals surface area contributed by atoms with E-state index in [1.165, 1.54) is 5.56 Å². The highest BCUT2D eigenvalue weighted by Crippen LogP contribution is 2.29. The lowest BCUT2D eigenvalue weighted by atomic mass is 10.1. The predicted octanol–water partition coefficient (Wildman–Crippen LogP) is 3.92. The molecule has 0 bridgehead atoms. The van der Waals surface area contributed by atoms with Gasteiger partial charge in [0.1, 0.15) is 5.75 Å². The summed E-state index contributed by atoms with van der Waals surface area (Å²) < 4.78 is 5.35. The maximum Gasteiger partial charge on any atom is 0.316 e. The minimum Gasteiger partial charge on any atom is -0.425 e. The molecule has 2 aromatic carbocycles. The van der Waals surface area contributed by atoms with Crippen LogP contribution in [0.3, 0.4) is 0 Å². The van der Waals surface area contributed by atoms with Crippen molar-refractivity contribution in [2.75, 3.05) is 11.4 Å². The average molecular weight is 344 g/mol. The molecule has 0 N–H and O–H groups in total. The fourth-order valence-corrected chi connectivity index (χ4v) is 2.90. The third-order valence-corrected chi connectivity index (χ3v) is 4.62.